The first-order chi connectivity index (χ1) is 17.7. The number of rotatable bonds is 3. The molecule has 1 N–H and O–H groups in total. The fraction of sp³-hybridized carbons (Fsp3) is 0.357. The molecule has 2 aliphatic carbocycles. The van der Waals surface area contributed by atoms with Gasteiger partial charge in [-0.15, -0.1) is 0 Å². The molecule has 2 aliphatic rings. The molecule has 0 radical (unpaired) electrons. The number of fused-ring (bicyclic) bond motifs is 2. The van der Waals surface area contributed by atoms with E-state index in [2.05, 4.69) is 10.1 Å². The quantitative estimate of drug-likeness (QED) is 0.341. The molecule has 4 aromatic heterocycles. The van der Waals surface area contributed by atoms with Crippen molar-refractivity contribution in [3.8, 4) is 5.69 Å². The van der Waals surface area contributed by atoms with Crippen LogP contribution in [0.1, 0.15) is 74.9 Å². The molecule has 0 aliphatic heterocycles. The van der Waals surface area contributed by atoms with Crippen LogP contribution in [0.15, 0.2) is 76.6 Å². The van der Waals surface area contributed by atoms with Crippen molar-refractivity contribution in [2.45, 2.75) is 63.2 Å². The number of H-pyrrole nitrogens is 1. The van der Waals surface area contributed by atoms with E-state index in [1.807, 2.05) is 60.9 Å². The zero-order valence-electron chi connectivity index (χ0n) is 21.2. The Morgan fingerprint density at radius 3 is 1.92 bits per heavy atom. The second-order valence-corrected chi connectivity index (χ2v) is 9.81. The summed E-state index contributed by atoms with van der Waals surface area (Å²) in [6.45, 7) is 0. The Kier molecular flexibility index (Phi) is 8.83. The highest BCUT2D eigenvalue weighted by molar-refractivity contribution is 7.59. The van der Waals surface area contributed by atoms with Gasteiger partial charge in [-0.2, -0.15) is 37.2 Å². The van der Waals surface area contributed by atoms with Crippen molar-refractivity contribution >= 4 is 38.0 Å². The van der Waals surface area contributed by atoms with Crippen LogP contribution in [0, 0.1) is 0 Å². The maximum Gasteiger partial charge on any atom is 0.282 e. The number of nitrogens with one attached hydrogen (secondary N) is 1. The van der Waals surface area contributed by atoms with Crippen molar-refractivity contribution in [3.05, 3.63) is 99.3 Å². The summed E-state index contributed by atoms with van der Waals surface area (Å²) < 4.78 is 5.19. The summed E-state index contributed by atoms with van der Waals surface area (Å²) in [5.74, 6) is 2.57. The van der Waals surface area contributed by atoms with Gasteiger partial charge in [0.15, 0.2) is 0 Å². The zero-order valence-corrected chi connectivity index (χ0v) is 23.2. The van der Waals surface area contributed by atoms with Gasteiger partial charge in [-0.05, 0) is 62.1 Å². The molecule has 1 aromatic carbocycles. The molecule has 200 valence electrons. The van der Waals surface area contributed by atoms with Gasteiger partial charge < -0.3 is 4.98 Å². The Labute approximate surface area is 234 Å². The first-order valence-corrected chi connectivity index (χ1v) is 12.9. The standard InChI is InChI=1S/C17H17N3O.C11H13N3O.2H2S/c21-17-15-11-6-12-19(15)18-16(13-7-4-5-8-13)20(17)14-9-2-1-3-10-14;15-11-9-6-3-7-14(9)13-10(12-11)8-4-1-2-5-8;;/h1-3,6,9-13H,4-5,7-8H2;3,6-8H,1-2,4-5H2,(H,12,13,15);2*1H2. The van der Waals surface area contributed by atoms with Crippen molar-refractivity contribution in [2.75, 3.05) is 0 Å². The van der Waals surface area contributed by atoms with E-state index in [1.165, 1.54) is 25.7 Å². The molecule has 4 heterocycles. The van der Waals surface area contributed by atoms with Crippen LogP contribution in [0.25, 0.3) is 16.7 Å². The lowest BCUT2D eigenvalue weighted by atomic mass is 10.1. The average molecular weight is 551 g/mol. The minimum Gasteiger partial charge on any atom is -0.307 e. The van der Waals surface area contributed by atoms with Crippen LogP contribution in [-0.4, -0.2) is 28.8 Å². The first-order valence-electron chi connectivity index (χ1n) is 12.9. The highest BCUT2D eigenvalue weighted by atomic mass is 32.1. The van der Waals surface area contributed by atoms with E-state index in [0.717, 1.165) is 43.0 Å². The molecule has 10 heteroatoms. The molecule has 0 amide bonds. The Morgan fingerprint density at radius 1 is 0.684 bits per heavy atom. The van der Waals surface area contributed by atoms with Gasteiger partial charge in [-0.25, -0.2) is 9.03 Å². The lowest BCUT2D eigenvalue weighted by Gasteiger charge is -2.17. The van der Waals surface area contributed by atoms with Gasteiger partial charge in [0.25, 0.3) is 11.1 Å². The van der Waals surface area contributed by atoms with Crippen LogP contribution in [0.3, 0.4) is 0 Å². The fourth-order valence-corrected chi connectivity index (χ4v) is 5.62. The van der Waals surface area contributed by atoms with Gasteiger partial charge in [0.05, 0.1) is 5.69 Å². The van der Waals surface area contributed by atoms with E-state index in [9.17, 15) is 9.59 Å². The van der Waals surface area contributed by atoms with E-state index < -0.39 is 0 Å². The van der Waals surface area contributed by atoms with E-state index in [4.69, 9.17) is 5.10 Å². The molecular formula is C28H34N6O2S2. The summed E-state index contributed by atoms with van der Waals surface area (Å²) in [6.07, 6.45) is 13.1. The normalized spacial score (nSPS) is 15.7. The van der Waals surface area contributed by atoms with Crippen LogP contribution >= 0.6 is 27.0 Å². The Hall–Kier alpha value is -3.24. The van der Waals surface area contributed by atoms with Crippen LogP contribution in [0.2, 0.25) is 0 Å². The summed E-state index contributed by atoms with van der Waals surface area (Å²) in [5.41, 5.74) is 2.14. The van der Waals surface area contributed by atoms with Gasteiger partial charge in [-0.3, -0.25) is 14.2 Å². The molecule has 5 aromatic rings. The minimum atomic E-state index is -0.0306. The second kappa shape index (κ2) is 12.1. The first kappa shape index (κ1) is 27.8. The van der Waals surface area contributed by atoms with Crippen LogP contribution < -0.4 is 11.1 Å². The van der Waals surface area contributed by atoms with E-state index in [-0.39, 0.29) is 38.1 Å². The SMILES string of the molecule is O=c1[nH]c(C2CCCC2)nn2cccc12.O=c1c2cccn2nc(C2CCCC2)n1-c1ccccc1.S.S. The molecule has 0 atom stereocenters. The summed E-state index contributed by atoms with van der Waals surface area (Å²) in [4.78, 5) is 27.5. The third kappa shape index (κ3) is 5.33. The highest BCUT2D eigenvalue weighted by Gasteiger charge is 2.24. The topological polar surface area (TPSA) is 89.5 Å². The van der Waals surface area contributed by atoms with Crippen molar-refractivity contribution in [1.29, 1.82) is 0 Å². The number of hydrogen-bond acceptors (Lipinski definition) is 4. The zero-order chi connectivity index (χ0) is 24.5. The highest BCUT2D eigenvalue weighted by Crippen LogP contribution is 2.33. The molecular weight excluding hydrogens is 516 g/mol. The van der Waals surface area contributed by atoms with Crippen molar-refractivity contribution < 1.29 is 0 Å². The van der Waals surface area contributed by atoms with Crippen molar-refractivity contribution in [2.24, 2.45) is 0 Å². The third-order valence-corrected chi connectivity index (χ3v) is 7.48. The number of benzene rings is 1. The predicted molar refractivity (Wildman–Crippen MR) is 160 cm³/mol. The molecule has 8 nitrogen and oxygen atoms in total. The molecule has 38 heavy (non-hydrogen) atoms. The molecule has 0 saturated heterocycles. The van der Waals surface area contributed by atoms with E-state index in [0.29, 0.717) is 22.9 Å². The Balaban J connectivity index is 0.000000176. The van der Waals surface area contributed by atoms with Gasteiger partial charge in [0.2, 0.25) is 0 Å². The van der Waals surface area contributed by atoms with Crippen LogP contribution in [0.4, 0.5) is 0 Å². The van der Waals surface area contributed by atoms with Gasteiger partial charge in [-0.1, -0.05) is 43.9 Å². The minimum absolute atomic E-state index is 0. The number of aromatic nitrogens is 6. The predicted octanol–water partition coefficient (Wildman–Crippen LogP) is 5.05. The molecule has 2 fully saturated rings. The third-order valence-electron chi connectivity index (χ3n) is 7.48. The van der Waals surface area contributed by atoms with Crippen molar-refractivity contribution in [1.82, 2.24) is 28.8 Å². The Bertz CT molecular complexity index is 1610. The van der Waals surface area contributed by atoms with Gasteiger partial charge >= 0.3 is 0 Å². The number of aromatic amines is 1. The molecule has 0 spiro atoms. The van der Waals surface area contributed by atoms with Crippen molar-refractivity contribution in [3.63, 3.8) is 0 Å². The van der Waals surface area contributed by atoms with Crippen LogP contribution in [0.5, 0.6) is 0 Å². The number of nitrogens with zero attached hydrogens (tertiary/aromatic N) is 5. The molecule has 0 bridgehead atoms. The summed E-state index contributed by atoms with van der Waals surface area (Å²) in [7, 11) is 0. The molecule has 2 saturated carbocycles. The largest absolute Gasteiger partial charge is 0.307 e. The van der Waals surface area contributed by atoms with E-state index in [1.54, 1.807) is 19.7 Å². The van der Waals surface area contributed by atoms with Crippen LogP contribution in [-0.2, 0) is 0 Å². The molecule has 7 rings (SSSR count). The number of para-hydroxylation sites is 1. The monoisotopic (exact) mass is 550 g/mol. The molecule has 0 unspecified atom stereocenters. The number of hydrogen-bond donors (Lipinski definition) is 1. The maximum absolute atomic E-state index is 12.9. The second-order valence-electron chi connectivity index (χ2n) is 9.81. The Morgan fingerprint density at radius 2 is 1.26 bits per heavy atom. The van der Waals surface area contributed by atoms with Gasteiger partial charge in [0.1, 0.15) is 22.7 Å². The van der Waals surface area contributed by atoms with Gasteiger partial charge in [0, 0.05) is 24.2 Å². The smallest absolute Gasteiger partial charge is 0.282 e. The summed E-state index contributed by atoms with van der Waals surface area (Å²) in [6, 6.07) is 17.2. The lowest BCUT2D eigenvalue weighted by Crippen LogP contribution is -2.27. The maximum atomic E-state index is 12.9. The lowest BCUT2D eigenvalue weighted by molar-refractivity contribution is 0.605. The summed E-state index contributed by atoms with van der Waals surface area (Å²) >= 11 is 0. The summed E-state index contributed by atoms with van der Waals surface area (Å²) in [5, 5.41) is 9.17. The average Bonchev–Trinajstić information content (AvgIpc) is 3.71. The fourth-order valence-electron chi connectivity index (χ4n) is 5.62. The van der Waals surface area contributed by atoms with E-state index >= 15 is 0 Å².